The molecule has 1 saturated carbocycles. The maximum Gasteiger partial charge on any atom is 0.230 e. The first-order valence-electron chi connectivity index (χ1n) is 5.76. The minimum absolute atomic E-state index is 0.0127. The summed E-state index contributed by atoms with van der Waals surface area (Å²) in [6.07, 6.45) is 1.69. The molecule has 0 bridgehead atoms. The van der Waals surface area contributed by atoms with Crippen LogP contribution < -0.4 is 5.32 Å². The molecular formula is C13H16ClNO2. The Morgan fingerprint density at radius 1 is 1.59 bits per heavy atom. The van der Waals surface area contributed by atoms with Gasteiger partial charge in [0.2, 0.25) is 5.91 Å². The second-order valence-corrected chi connectivity index (χ2v) is 5.09. The first-order chi connectivity index (χ1) is 8.08. The second-order valence-electron chi connectivity index (χ2n) is 4.65. The molecule has 1 aromatic carbocycles. The number of hydrogen-bond acceptors (Lipinski definition) is 2. The molecule has 1 aliphatic carbocycles. The number of aliphatic hydroxyl groups is 1. The SMILES string of the molecule is C[C@@H](CO)NC(=O)C1(c2cccc(Cl)c2)CC1. The maximum atomic E-state index is 12.1. The van der Waals surface area contributed by atoms with Crippen molar-refractivity contribution >= 4 is 17.5 Å². The van der Waals surface area contributed by atoms with E-state index in [9.17, 15) is 4.79 Å². The Hall–Kier alpha value is -1.06. The lowest BCUT2D eigenvalue weighted by molar-refractivity contribution is -0.124. The fourth-order valence-electron chi connectivity index (χ4n) is 1.97. The van der Waals surface area contributed by atoms with Crippen LogP contribution in [0.25, 0.3) is 0 Å². The van der Waals surface area contributed by atoms with Gasteiger partial charge in [-0.15, -0.1) is 0 Å². The van der Waals surface area contributed by atoms with Crippen molar-refractivity contribution in [3.63, 3.8) is 0 Å². The van der Waals surface area contributed by atoms with E-state index in [2.05, 4.69) is 5.32 Å². The normalized spacial score (nSPS) is 18.5. The van der Waals surface area contributed by atoms with Crippen LogP contribution in [-0.4, -0.2) is 23.7 Å². The van der Waals surface area contributed by atoms with E-state index < -0.39 is 5.41 Å². The highest BCUT2D eigenvalue weighted by Crippen LogP contribution is 2.48. The fraction of sp³-hybridized carbons (Fsp3) is 0.462. The van der Waals surface area contributed by atoms with Crippen molar-refractivity contribution < 1.29 is 9.90 Å². The highest BCUT2D eigenvalue weighted by Gasteiger charge is 2.51. The summed E-state index contributed by atoms with van der Waals surface area (Å²) in [5, 5.41) is 12.4. The molecule has 0 spiro atoms. The molecular weight excluding hydrogens is 238 g/mol. The lowest BCUT2D eigenvalue weighted by atomic mass is 9.95. The Labute approximate surface area is 106 Å². The van der Waals surface area contributed by atoms with Gasteiger partial charge < -0.3 is 10.4 Å². The summed E-state index contributed by atoms with van der Waals surface area (Å²) < 4.78 is 0. The van der Waals surface area contributed by atoms with Crippen LogP contribution in [0.2, 0.25) is 5.02 Å². The minimum atomic E-state index is -0.422. The fourth-order valence-corrected chi connectivity index (χ4v) is 2.16. The van der Waals surface area contributed by atoms with E-state index in [0.717, 1.165) is 18.4 Å². The molecule has 4 heteroatoms. The van der Waals surface area contributed by atoms with Gasteiger partial charge in [0.05, 0.1) is 12.0 Å². The highest BCUT2D eigenvalue weighted by molar-refractivity contribution is 6.30. The molecule has 0 radical (unpaired) electrons. The van der Waals surface area contributed by atoms with Crippen molar-refractivity contribution in [2.24, 2.45) is 0 Å². The molecule has 1 amide bonds. The molecule has 17 heavy (non-hydrogen) atoms. The van der Waals surface area contributed by atoms with E-state index in [-0.39, 0.29) is 18.6 Å². The van der Waals surface area contributed by atoms with Crippen molar-refractivity contribution in [2.75, 3.05) is 6.61 Å². The Morgan fingerprint density at radius 2 is 2.29 bits per heavy atom. The number of amides is 1. The summed E-state index contributed by atoms with van der Waals surface area (Å²) in [6, 6.07) is 7.23. The van der Waals surface area contributed by atoms with Gasteiger partial charge in [0.1, 0.15) is 0 Å². The van der Waals surface area contributed by atoms with Crippen molar-refractivity contribution in [2.45, 2.75) is 31.2 Å². The third kappa shape index (κ3) is 2.45. The van der Waals surface area contributed by atoms with Gasteiger partial charge in [-0.25, -0.2) is 0 Å². The third-order valence-corrected chi connectivity index (χ3v) is 3.45. The van der Waals surface area contributed by atoms with Crippen LogP contribution in [0.15, 0.2) is 24.3 Å². The van der Waals surface area contributed by atoms with E-state index in [0.29, 0.717) is 5.02 Å². The number of aliphatic hydroxyl groups excluding tert-OH is 1. The molecule has 3 nitrogen and oxygen atoms in total. The Morgan fingerprint density at radius 3 is 2.82 bits per heavy atom. The summed E-state index contributed by atoms with van der Waals surface area (Å²) in [4.78, 5) is 12.1. The van der Waals surface area contributed by atoms with E-state index in [1.165, 1.54) is 0 Å². The topological polar surface area (TPSA) is 49.3 Å². The van der Waals surface area contributed by atoms with Crippen LogP contribution in [0.3, 0.4) is 0 Å². The molecule has 1 atom stereocenters. The summed E-state index contributed by atoms with van der Waals surface area (Å²) in [5.74, 6) is -0.0127. The van der Waals surface area contributed by atoms with Gasteiger partial charge in [-0.2, -0.15) is 0 Å². The van der Waals surface area contributed by atoms with E-state index in [1.807, 2.05) is 18.2 Å². The van der Waals surface area contributed by atoms with Crippen molar-refractivity contribution in [1.82, 2.24) is 5.32 Å². The molecule has 2 rings (SSSR count). The van der Waals surface area contributed by atoms with Crippen LogP contribution in [-0.2, 0) is 10.2 Å². The van der Waals surface area contributed by atoms with Crippen LogP contribution in [0.4, 0.5) is 0 Å². The predicted molar refractivity (Wildman–Crippen MR) is 67.1 cm³/mol. The molecule has 1 aliphatic rings. The van der Waals surface area contributed by atoms with Gasteiger partial charge in [-0.3, -0.25) is 4.79 Å². The average molecular weight is 254 g/mol. The zero-order valence-corrected chi connectivity index (χ0v) is 10.5. The van der Waals surface area contributed by atoms with Crippen LogP contribution >= 0.6 is 11.6 Å². The summed E-state index contributed by atoms with van der Waals surface area (Å²) in [5.41, 5.74) is 0.543. The minimum Gasteiger partial charge on any atom is -0.394 e. The monoisotopic (exact) mass is 253 g/mol. The highest BCUT2D eigenvalue weighted by atomic mass is 35.5. The lowest BCUT2D eigenvalue weighted by Crippen LogP contribution is -2.41. The predicted octanol–water partition coefficient (Wildman–Crippen LogP) is 1.87. The van der Waals surface area contributed by atoms with Gasteiger partial charge in [-0.05, 0) is 37.5 Å². The number of rotatable bonds is 4. The average Bonchev–Trinajstić information content (AvgIpc) is 3.10. The smallest absolute Gasteiger partial charge is 0.230 e. The van der Waals surface area contributed by atoms with Crippen LogP contribution in [0.5, 0.6) is 0 Å². The number of halogens is 1. The number of benzene rings is 1. The Balaban J connectivity index is 2.17. The first kappa shape index (κ1) is 12.4. The Kier molecular flexibility index (Phi) is 3.40. The molecule has 92 valence electrons. The van der Waals surface area contributed by atoms with E-state index in [1.54, 1.807) is 13.0 Å². The molecule has 1 fully saturated rings. The number of carbonyl (C=O) groups is 1. The van der Waals surface area contributed by atoms with E-state index in [4.69, 9.17) is 16.7 Å². The van der Waals surface area contributed by atoms with Gasteiger partial charge in [0.25, 0.3) is 0 Å². The van der Waals surface area contributed by atoms with Crippen molar-refractivity contribution in [1.29, 1.82) is 0 Å². The largest absolute Gasteiger partial charge is 0.394 e. The lowest BCUT2D eigenvalue weighted by Gasteiger charge is -2.18. The van der Waals surface area contributed by atoms with Crippen molar-refractivity contribution in [3.8, 4) is 0 Å². The first-order valence-corrected chi connectivity index (χ1v) is 6.14. The van der Waals surface area contributed by atoms with E-state index >= 15 is 0 Å². The van der Waals surface area contributed by atoms with Gasteiger partial charge >= 0.3 is 0 Å². The molecule has 0 saturated heterocycles. The van der Waals surface area contributed by atoms with Crippen LogP contribution in [0.1, 0.15) is 25.3 Å². The summed E-state index contributed by atoms with van der Waals surface area (Å²) in [7, 11) is 0. The maximum absolute atomic E-state index is 12.1. The molecule has 1 aromatic rings. The summed E-state index contributed by atoms with van der Waals surface area (Å²) in [6.45, 7) is 1.74. The number of hydrogen-bond donors (Lipinski definition) is 2. The second kappa shape index (κ2) is 4.67. The molecule has 2 N–H and O–H groups in total. The third-order valence-electron chi connectivity index (χ3n) is 3.21. The van der Waals surface area contributed by atoms with Gasteiger partial charge in [0.15, 0.2) is 0 Å². The molecule has 0 aromatic heterocycles. The van der Waals surface area contributed by atoms with Crippen LogP contribution in [0, 0.1) is 0 Å². The Bertz CT molecular complexity index is 429. The standard InChI is InChI=1S/C13H16ClNO2/c1-9(8-16)15-12(17)13(5-6-13)10-3-2-4-11(14)7-10/h2-4,7,9,16H,5-6,8H2,1H3,(H,15,17)/t9-/m0/s1. The quantitative estimate of drug-likeness (QED) is 0.861. The van der Waals surface area contributed by atoms with Crippen molar-refractivity contribution in [3.05, 3.63) is 34.9 Å². The zero-order valence-electron chi connectivity index (χ0n) is 9.74. The number of nitrogens with one attached hydrogen (secondary N) is 1. The number of carbonyl (C=O) groups excluding carboxylic acids is 1. The molecule has 0 unspecified atom stereocenters. The van der Waals surface area contributed by atoms with Gasteiger partial charge in [-0.1, -0.05) is 23.7 Å². The van der Waals surface area contributed by atoms with Gasteiger partial charge in [0, 0.05) is 11.1 Å². The summed E-state index contributed by atoms with van der Waals surface area (Å²) >= 11 is 5.94. The zero-order chi connectivity index (χ0) is 12.5. The molecule has 0 heterocycles. The molecule has 0 aliphatic heterocycles.